The van der Waals surface area contributed by atoms with Gasteiger partial charge in [-0.3, -0.25) is 0 Å². The van der Waals surface area contributed by atoms with Crippen molar-refractivity contribution in [3.8, 4) is 0 Å². The molecule has 0 aromatic heterocycles. The van der Waals surface area contributed by atoms with Crippen LogP contribution in [0.3, 0.4) is 0 Å². The number of halogens is 6. The van der Waals surface area contributed by atoms with Crippen molar-refractivity contribution < 1.29 is 21.6 Å². The first-order valence-corrected chi connectivity index (χ1v) is 6.99. The van der Waals surface area contributed by atoms with Crippen LogP contribution in [0.5, 0.6) is 0 Å². The molecule has 0 heterocycles. The minimum absolute atomic E-state index is 0.264. The summed E-state index contributed by atoms with van der Waals surface area (Å²) in [7, 11) is 4.81. The highest BCUT2D eigenvalue weighted by atomic mass is 36.0. The van der Waals surface area contributed by atoms with Crippen molar-refractivity contribution in [3.05, 3.63) is 34.9 Å². The molecule has 0 bridgehead atoms. The highest BCUT2D eigenvalue weighted by Crippen LogP contribution is 2.33. The minimum Gasteiger partial charge on any atom is -0.195 e. The Labute approximate surface area is 104 Å². The third-order valence-corrected chi connectivity index (χ3v) is 1.51. The number of alkyl halides is 3. The SMILES string of the molecule is FC(F)(F)c1ccccc1Cl.O=S(=O)(Cl)Cl. The molecule has 0 amide bonds. The Balaban J connectivity index is 0.000000385. The molecule has 0 aliphatic rings. The zero-order valence-corrected chi connectivity index (χ0v) is 10.4. The van der Waals surface area contributed by atoms with Crippen molar-refractivity contribution in [2.75, 3.05) is 0 Å². The molecule has 0 fully saturated rings. The lowest BCUT2D eigenvalue weighted by atomic mass is 10.2. The Hall–Kier alpha value is -0.170. The van der Waals surface area contributed by atoms with Crippen LogP contribution in [-0.4, -0.2) is 8.42 Å². The molecule has 0 aliphatic carbocycles. The molecule has 0 spiro atoms. The molecule has 0 unspecified atom stereocenters. The van der Waals surface area contributed by atoms with E-state index < -0.39 is 20.0 Å². The lowest BCUT2D eigenvalue weighted by Crippen LogP contribution is -2.04. The maximum Gasteiger partial charge on any atom is 0.417 e. The molecule has 2 nitrogen and oxygen atoms in total. The first kappa shape index (κ1) is 15.8. The van der Waals surface area contributed by atoms with Crippen molar-refractivity contribution in [2.45, 2.75) is 6.18 Å². The Morgan fingerprint density at radius 1 is 1.06 bits per heavy atom. The van der Waals surface area contributed by atoms with Gasteiger partial charge in [0.15, 0.2) is 0 Å². The highest BCUT2D eigenvalue weighted by molar-refractivity contribution is 8.31. The normalized spacial score (nSPS) is 11.6. The largest absolute Gasteiger partial charge is 0.417 e. The second-order valence-corrected chi connectivity index (χ2v) is 6.43. The summed E-state index contributed by atoms with van der Waals surface area (Å²) in [5, 5.41) is -0.264. The van der Waals surface area contributed by atoms with Gasteiger partial charge in [0.25, 0.3) is 0 Å². The molecule has 0 saturated carbocycles. The second-order valence-electron chi connectivity index (χ2n) is 2.36. The molecule has 9 heteroatoms. The zero-order chi connectivity index (χ0) is 13.0. The van der Waals surface area contributed by atoms with Gasteiger partial charge in [-0.05, 0) is 12.1 Å². The van der Waals surface area contributed by atoms with E-state index in [0.717, 1.165) is 6.07 Å². The number of benzene rings is 1. The van der Waals surface area contributed by atoms with E-state index in [-0.39, 0.29) is 5.02 Å². The predicted octanol–water partition coefficient (Wildman–Crippen LogP) is 4.07. The fourth-order valence-electron chi connectivity index (χ4n) is 0.691. The lowest BCUT2D eigenvalue weighted by molar-refractivity contribution is -0.137. The van der Waals surface area contributed by atoms with E-state index >= 15 is 0 Å². The van der Waals surface area contributed by atoms with E-state index in [4.69, 9.17) is 20.0 Å². The van der Waals surface area contributed by atoms with Crippen LogP contribution in [0.25, 0.3) is 0 Å². The Morgan fingerprint density at radius 3 is 1.69 bits per heavy atom. The topological polar surface area (TPSA) is 34.1 Å². The van der Waals surface area contributed by atoms with Crippen LogP contribution >= 0.6 is 33.0 Å². The van der Waals surface area contributed by atoms with E-state index in [2.05, 4.69) is 21.4 Å². The van der Waals surface area contributed by atoms with E-state index in [1.807, 2.05) is 0 Å². The predicted molar refractivity (Wildman–Crippen MR) is 57.1 cm³/mol. The quantitative estimate of drug-likeness (QED) is 0.676. The van der Waals surface area contributed by atoms with Crippen LogP contribution in [0.15, 0.2) is 24.3 Å². The minimum atomic E-state index is -4.35. The van der Waals surface area contributed by atoms with Gasteiger partial charge in [0, 0.05) is 21.4 Å². The molecule has 16 heavy (non-hydrogen) atoms. The van der Waals surface area contributed by atoms with Crippen molar-refractivity contribution >= 4 is 41.2 Å². The summed E-state index contributed by atoms with van der Waals surface area (Å²) in [5.41, 5.74) is -0.790. The summed E-state index contributed by atoms with van der Waals surface area (Å²) in [6.45, 7) is 0. The van der Waals surface area contributed by atoms with Gasteiger partial charge in [-0.15, -0.1) is 0 Å². The average Bonchev–Trinajstić information content (AvgIpc) is 1.99. The van der Waals surface area contributed by atoms with Crippen molar-refractivity contribution in [2.24, 2.45) is 0 Å². The van der Waals surface area contributed by atoms with E-state index in [1.165, 1.54) is 18.2 Å². The van der Waals surface area contributed by atoms with Gasteiger partial charge in [-0.25, -0.2) is 0 Å². The summed E-state index contributed by atoms with van der Waals surface area (Å²) >= 11 is 5.29. The maximum absolute atomic E-state index is 12.0. The number of hydrogen-bond donors (Lipinski definition) is 0. The standard InChI is InChI=1S/C7H4ClF3.Cl2O2S/c8-6-4-2-1-3-5(6)7(9,10)11;1-5(2,3)4/h1-4H;. The molecule has 0 atom stereocenters. The molecule has 1 rings (SSSR count). The van der Waals surface area contributed by atoms with Crippen LogP contribution in [0.1, 0.15) is 5.56 Å². The molecule has 0 N–H and O–H groups in total. The number of hydrogen-bond acceptors (Lipinski definition) is 2. The van der Waals surface area contributed by atoms with Crippen LogP contribution < -0.4 is 0 Å². The Bertz CT molecular complexity index is 436. The van der Waals surface area contributed by atoms with Crippen molar-refractivity contribution in [1.29, 1.82) is 0 Å². The molecule has 0 radical (unpaired) electrons. The van der Waals surface area contributed by atoms with Crippen LogP contribution in [0.2, 0.25) is 5.02 Å². The molecular formula is C7H4Cl3F3O2S. The summed E-state index contributed by atoms with van der Waals surface area (Å²) in [5.74, 6) is 0. The molecule has 0 saturated heterocycles. The molecule has 92 valence electrons. The van der Waals surface area contributed by atoms with E-state index in [1.54, 1.807) is 0 Å². The zero-order valence-electron chi connectivity index (χ0n) is 7.30. The van der Waals surface area contributed by atoms with Crippen LogP contribution in [-0.2, 0) is 14.4 Å². The third kappa shape index (κ3) is 8.04. The first-order valence-electron chi connectivity index (χ1n) is 3.48. The third-order valence-electron chi connectivity index (χ3n) is 1.18. The van der Waals surface area contributed by atoms with Crippen LogP contribution in [0, 0.1) is 0 Å². The second kappa shape index (κ2) is 5.95. The van der Waals surface area contributed by atoms with Gasteiger partial charge in [-0.2, -0.15) is 21.6 Å². The molecule has 1 aromatic carbocycles. The van der Waals surface area contributed by atoms with Gasteiger partial charge >= 0.3 is 14.4 Å². The monoisotopic (exact) mass is 314 g/mol. The van der Waals surface area contributed by atoms with Gasteiger partial charge in [0.2, 0.25) is 0 Å². The summed E-state index contributed by atoms with van der Waals surface area (Å²) in [6.07, 6.45) is -4.35. The summed E-state index contributed by atoms with van der Waals surface area (Å²) < 4.78 is 54.2. The highest BCUT2D eigenvalue weighted by Gasteiger charge is 2.32. The smallest absolute Gasteiger partial charge is 0.195 e. The van der Waals surface area contributed by atoms with E-state index in [9.17, 15) is 13.2 Å². The fourth-order valence-corrected chi connectivity index (χ4v) is 0.934. The van der Waals surface area contributed by atoms with Gasteiger partial charge in [0.1, 0.15) is 0 Å². The van der Waals surface area contributed by atoms with Gasteiger partial charge < -0.3 is 0 Å². The van der Waals surface area contributed by atoms with Crippen molar-refractivity contribution in [1.82, 2.24) is 0 Å². The fraction of sp³-hybridized carbons (Fsp3) is 0.143. The average molecular weight is 316 g/mol. The first-order chi connectivity index (χ1) is 7.02. The van der Waals surface area contributed by atoms with E-state index in [0.29, 0.717) is 0 Å². The number of rotatable bonds is 0. The van der Waals surface area contributed by atoms with Gasteiger partial charge in [-0.1, -0.05) is 23.7 Å². The molecule has 0 aliphatic heterocycles. The van der Waals surface area contributed by atoms with Crippen molar-refractivity contribution in [3.63, 3.8) is 0 Å². The summed E-state index contributed by atoms with van der Waals surface area (Å²) in [4.78, 5) is 0. The maximum atomic E-state index is 12.0. The Kier molecular flexibility index (Phi) is 5.89. The van der Waals surface area contributed by atoms with Crippen LogP contribution in [0.4, 0.5) is 13.2 Å². The lowest BCUT2D eigenvalue weighted by Gasteiger charge is -2.06. The Morgan fingerprint density at radius 2 is 1.44 bits per heavy atom. The summed E-state index contributed by atoms with van der Waals surface area (Å²) in [6, 6.07) is 4.92. The van der Waals surface area contributed by atoms with Gasteiger partial charge in [0.05, 0.1) is 10.6 Å². The molecule has 1 aromatic rings. The molecular weight excluding hydrogens is 311 g/mol.